The molecule has 3 rings (SSSR count). The van der Waals surface area contributed by atoms with Crippen molar-refractivity contribution in [2.45, 2.75) is 11.8 Å². The number of rotatable bonds is 7. The maximum absolute atomic E-state index is 12.6. The number of benzene rings is 2. The van der Waals surface area contributed by atoms with Gasteiger partial charge in [0.2, 0.25) is 5.82 Å². The Kier molecular flexibility index (Phi) is 6.11. The average Bonchev–Trinajstić information content (AvgIpc) is 2.74. The number of nitro groups is 1. The maximum Gasteiger partial charge on any atom is 0.272 e. The van der Waals surface area contributed by atoms with Crippen LogP contribution in [0.15, 0.2) is 59.8 Å². The number of hydrogen-bond acceptors (Lipinski definition) is 8. The number of hydrogen-bond donors (Lipinski definition) is 2. The van der Waals surface area contributed by atoms with Gasteiger partial charge in [0, 0.05) is 35.3 Å². The molecular formula is C19H17N5O6S. The summed E-state index contributed by atoms with van der Waals surface area (Å²) in [4.78, 5) is 30.5. The van der Waals surface area contributed by atoms with E-state index in [-0.39, 0.29) is 27.8 Å². The van der Waals surface area contributed by atoms with Crippen molar-refractivity contribution in [3.63, 3.8) is 0 Å². The maximum atomic E-state index is 12.6. The summed E-state index contributed by atoms with van der Waals surface area (Å²) in [6.45, 7) is 1.54. The van der Waals surface area contributed by atoms with Crippen molar-refractivity contribution >= 4 is 33.1 Å². The zero-order chi connectivity index (χ0) is 22.6. The van der Waals surface area contributed by atoms with Crippen LogP contribution in [-0.4, -0.2) is 36.3 Å². The van der Waals surface area contributed by atoms with Crippen LogP contribution in [0.5, 0.6) is 5.88 Å². The Bertz CT molecular complexity index is 1240. The van der Waals surface area contributed by atoms with Crippen molar-refractivity contribution in [1.29, 1.82) is 0 Å². The first-order valence-electron chi connectivity index (χ1n) is 8.75. The van der Waals surface area contributed by atoms with Gasteiger partial charge in [-0.2, -0.15) is 0 Å². The molecule has 0 aliphatic rings. The smallest absolute Gasteiger partial charge is 0.272 e. The summed E-state index contributed by atoms with van der Waals surface area (Å²) in [5, 5.41) is 13.5. The second kappa shape index (κ2) is 8.75. The van der Waals surface area contributed by atoms with Crippen LogP contribution in [0.2, 0.25) is 0 Å². The SMILES string of the molecule is COc1nccnc1NS(=O)(=O)c1ccc(NC(=O)c2ccc([N+](=O)[O-])c(C)c2)cc1. The van der Waals surface area contributed by atoms with Gasteiger partial charge in [0.05, 0.1) is 16.9 Å². The highest BCUT2D eigenvalue weighted by Gasteiger charge is 2.19. The van der Waals surface area contributed by atoms with Crippen molar-refractivity contribution < 1.29 is 22.9 Å². The van der Waals surface area contributed by atoms with Gasteiger partial charge in [-0.05, 0) is 43.3 Å². The van der Waals surface area contributed by atoms with Gasteiger partial charge in [0.1, 0.15) is 0 Å². The number of nitro benzene ring substituents is 1. The van der Waals surface area contributed by atoms with Gasteiger partial charge in [0.25, 0.3) is 27.5 Å². The summed E-state index contributed by atoms with van der Waals surface area (Å²) < 4.78 is 32.4. The van der Waals surface area contributed by atoms with E-state index in [1.807, 2.05) is 0 Å². The molecule has 1 aromatic heterocycles. The molecule has 31 heavy (non-hydrogen) atoms. The molecule has 12 heteroatoms. The number of nitrogens with one attached hydrogen (secondary N) is 2. The van der Waals surface area contributed by atoms with Crippen LogP contribution >= 0.6 is 0 Å². The predicted molar refractivity (Wildman–Crippen MR) is 112 cm³/mol. The van der Waals surface area contributed by atoms with Crippen LogP contribution in [0, 0.1) is 17.0 Å². The highest BCUT2D eigenvalue weighted by molar-refractivity contribution is 7.92. The zero-order valence-corrected chi connectivity index (χ0v) is 17.2. The van der Waals surface area contributed by atoms with Crippen molar-refractivity contribution in [1.82, 2.24) is 9.97 Å². The number of nitrogens with zero attached hydrogens (tertiary/aromatic N) is 3. The van der Waals surface area contributed by atoms with Gasteiger partial charge in [-0.1, -0.05) is 0 Å². The fourth-order valence-electron chi connectivity index (χ4n) is 2.65. The lowest BCUT2D eigenvalue weighted by molar-refractivity contribution is -0.385. The molecule has 0 unspecified atom stereocenters. The molecule has 2 aromatic carbocycles. The number of sulfonamides is 1. The van der Waals surface area contributed by atoms with E-state index in [1.54, 1.807) is 0 Å². The Hall–Kier alpha value is -4.06. The van der Waals surface area contributed by atoms with E-state index >= 15 is 0 Å². The highest BCUT2D eigenvalue weighted by atomic mass is 32.2. The zero-order valence-electron chi connectivity index (χ0n) is 16.4. The van der Waals surface area contributed by atoms with Crippen LogP contribution in [0.1, 0.15) is 15.9 Å². The van der Waals surface area contributed by atoms with Gasteiger partial charge in [-0.15, -0.1) is 0 Å². The number of aromatic nitrogens is 2. The summed E-state index contributed by atoms with van der Waals surface area (Å²) in [6.07, 6.45) is 2.68. The van der Waals surface area contributed by atoms with Gasteiger partial charge in [0.15, 0.2) is 0 Å². The normalized spacial score (nSPS) is 10.9. The lowest BCUT2D eigenvalue weighted by Crippen LogP contribution is -2.15. The number of amides is 1. The van der Waals surface area contributed by atoms with Gasteiger partial charge in [-0.3, -0.25) is 19.6 Å². The topological polar surface area (TPSA) is 153 Å². The summed E-state index contributed by atoms with van der Waals surface area (Å²) in [7, 11) is -2.63. The fourth-order valence-corrected chi connectivity index (χ4v) is 3.66. The second-order valence-corrected chi connectivity index (χ2v) is 7.94. The molecule has 0 saturated heterocycles. The molecule has 0 atom stereocenters. The minimum Gasteiger partial charge on any atom is -0.478 e. The molecule has 0 radical (unpaired) electrons. The molecule has 0 fully saturated rings. The Morgan fingerprint density at radius 2 is 1.77 bits per heavy atom. The Balaban J connectivity index is 1.74. The third-order valence-corrected chi connectivity index (χ3v) is 5.52. The molecule has 11 nitrogen and oxygen atoms in total. The number of ether oxygens (including phenoxy) is 1. The molecule has 0 aliphatic heterocycles. The van der Waals surface area contributed by atoms with Gasteiger partial charge < -0.3 is 10.1 Å². The largest absolute Gasteiger partial charge is 0.478 e. The molecular weight excluding hydrogens is 426 g/mol. The molecule has 1 heterocycles. The summed E-state index contributed by atoms with van der Waals surface area (Å²) in [6, 6.07) is 9.45. The summed E-state index contributed by atoms with van der Waals surface area (Å²) in [5.74, 6) is -0.528. The fraction of sp³-hybridized carbons (Fsp3) is 0.105. The first-order chi connectivity index (χ1) is 14.7. The average molecular weight is 443 g/mol. The van der Waals surface area contributed by atoms with Crippen molar-refractivity contribution in [3.05, 3.63) is 76.1 Å². The molecule has 160 valence electrons. The third kappa shape index (κ3) is 4.93. The summed E-state index contributed by atoms with van der Waals surface area (Å²) in [5.41, 5.74) is 0.844. The number of aryl methyl sites for hydroxylation is 1. The number of carbonyl (C=O) groups is 1. The van der Waals surface area contributed by atoms with Crippen molar-refractivity contribution in [3.8, 4) is 5.88 Å². The lowest BCUT2D eigenvalue weighted by atomic mass is 10.1. The minimum absolute atomic E-state index is 0.0216. The Morgan fingerprint density at radius 1 is 1.10 bits per heavy atom. The van der Waals surface area contributed by atoms with E-state index in [9.17, 15) is 23.3 Å². The van der Waals surface area contributed by atoms with E-state index in [4.69, 9.17) is 4.74 Å². The van der Waals surface area contributed by atoms with Gasteiger partial charge in [-0.25, -0.2) is 18.4 Å². The summed E-state index contributed by atoms with van der Waals surface area (Å²) >= 11 is 0. The van der Waals surface area contributed by atoms with Crippen molar-refractivity contribution in [2.75, 3.05) is 17.1 Å². The quantitative estimate of drug-likeness (QED) is 0.417. The molecule has 3 aromatic rings. The van der Waals surface area contributed by atoms with E-state index in [0.717, 1.165) is 0 Å². The Labute approximate surface area is 177 Å². The van der Waals surface area contributed by atoms with E-state index in [0.29, 0.717) is 11.3 Å². The Morgan fingerprint density at radius 3 is 2.39 bits per heavy atom. The molecule has 0 saturated carbocycles. The van der Waals surface area contributed by atoms with Crippen LogP contribution in [-0.2, 0) is 10.0 Å². The van der Waals surface area contributed by atoms with E-state index in [2.05, 4.69) is 20.0 Å². The highest BCUT2D eigenvalue weighted by Crippen LogP contribution is 2.23. The van der Waals surface area contributed by atoms with E-state index < -0.39 is 20.9 Å². The molecule has 2 N–H and O–H groups in total. The van der Waals surface area contributed by atoms with Crippen LogP contribution < -0.4 is 14.8 Å². The standard InChI is InChI=1S/C19H17N5O6S/c1-12-11-13(3-8-16(12)24(26)27)18(25)22-14-4-6-15(7-5-14)31(28,29)23-17-19(30-2)21-10-9-20-17/h3-11H,1-2H3,(H,20,23)(H,22,25). The van der Waals surface area contributed by atoms with Gasteiger partial charge >= 0.3 is 0 Å². The predicted octanol–water partition coefficient (Wildman–Crippen LogP) is 2.75. The first-order valence-corrected chi connectivity index (χ1v) is 10.2. The van der Waals surface area contributed by atoms with Crippen molar-refractivity contribution in [2.24, 2.45) is 0 Å². The number of anilines is 2. The molecule has 0 aliphatic carbocycles. The number of carbonyl (C=O) groups excluding carboxylic acids is 1. The molecule has 0 bridgehead atoms. The van der Waals surface area contributed by atoms with Crippen LogP contribution in [0.4, 0.5) is 17.2 Å². The van der Waals surface area contributed by atoms with E-state index in [1.165, 1.54) is 68.9 Å². The molecule has 1 amide bonds. The minimum atomic E-state index is -3.97. The monoisotopic (exact) mass is 443 g/mol. The molecule has 0 spiro atoms. The van der Waals surface area contributed by atoms with Crippen LogP contribution in [0.3, 0.4) is 0 Å². The second-order valence-electron chi connectivity index (χ2n) is 6.26. The number of methoxy groups -OCH3 is 1. The van der Waals surface area contributed by atoms with Crippen LogP contribution in [0.25, 0.3) is 0 Å². The lowest BCUT2D eigenvalue weighted by Gasteiger charge is -2.10. The third-order valence-electron chi connectivity index (χ3n) is 4.17. The first kappa shape index (κ1) is 21.6.